The average Bonchev–Trinajstić information content (AvgIpc) is 2.88. The summed E-state index contributed by atoms with van der Waals surface area (Å²) in [7, 11) is 0. The highest BCUT2D eigenvalue weighted by Gasteiger charge is 2.21. The molecule has 0 bridgehead atoms. The van der Waals surface area contributed by atoms with Crippen LogP contribution in [0.15, 0.2) is 18.3 Å². The normalized spacial score (nSPS) is 21.2. The van der Waals surface area contributed by atoms with Gasteiger partial charge in [0.1, 0.15) is 0 Å². The second-order valence-corrected chi connectivity index (χ2v) is 6.15. The van der Waals surface area contributed by atoms with E-state index in [2.05, 4.69) is 28.2 Å². The maximum absolute atomic E-state index is 4.59. The fraction of sp³-hybridized carbons (Fsp3) is 0.688. The first-order chi connectivity index (χ1) is 9.33. The van der Waals surface area contributed by atoms with Crippen LogP contribution in [0.1, 0.15) is 45.4 Å². The molecule has 1 unspecified atom stereocenters. The van der Waals surface area contributed by atoms with Gasteiger partial charge in [0, 0.05) is 25.3 Å². The van der Waals surface area contributed by atoms with Crippen LogP contribution >= 0.6 is 0 Å². The van der Waals surface area contributed by atoms with Crippen molar-refractivity contribution in [3.8, 4) is 0 Å². The van der Waals surface area contributed by atoms with Crippen LogP contribution in [-0.2, 0) is 0 Å². The molecule has 1 aromatic rings. The number of pyridine rings is 1. The van der Waals surface area contributed by atoms with E-state index in [1.165, 1.54) is 44.2 Å². The number of aromatic nitrogens is 1. The minimum atomic E-state index is 0.552. The van der Waals surface area contributed by atoms with Gasteiger partial charge in [-0.05, 0) is 44.2 Å². The third-order valence-corrected chi connectivity index (χ3v) is 4.51. The molecule has 1 saturated heterocycles. The summed E-state index contributed by atoms with van der Waals surface area (Å²) in [5.41, 5.74) is 1.22. The Labute approximate surface area is 116 Å². The summed E-state index contributed by atoms with van der Waals surface area (Å²) in [4.78, 5) is 7.01. The highest BCUT2D eigenvalue weighted by atomic mass is 15.2. The van der Waals surface area contributed by atoms with Gasteiger partial charge in [-0.2, -0.15) is 0 Å². The molecule has 0 radical (unpaired) electrons. The molecule has 0 amide bonds. The maximum Gasteiger partial charge on any atom is 0.151 e. The van der Waals surface area contributed by atoms with Gasteiger partial charge in [0.25, 0.3) is 0 Å². The summed E-state index contributed by atoms with van der Waals surface area (Å²) in [5.74, 6) is 2.11. The third-order valence-electron chi connectivity index (χ3n) is 4.51. The molecule has 2 aliphatic rings. The first-order valence-electron chi connectivity index (χ1n) is 7.79. The summed E-state index contributed by atoms with van der Waals surface area (Å²) in [5, 5.41) is 3.68. The lowest BCUT2D eigenvalue weighted by molar-refractivity contribution is 0.286. The monoisotopic (exact) mass is 259 g/mol. The minimum absolute atomic E-state index is 0.552. The number of nitrogens with zero attached hydrogens (tertiary/aromatic N) is 2. The van der Waals surface area contributed by atoms with Crippen molar-refractivity contribution in [1.82, 2.24) is 4.98 Å². The Morgan fingerprint density at radius 1 is 1.32 bits per heavy atom. The van der Waals surface area contributed by atoms with Crippen molar-refractivity contribution in [2.24, 2.45) is 5.92 Å². The quantitative estimate of drug-likeness (QED) is 0.874. The predicted octanol–water partition coefficient (Wildman–Crippen LogP) is 3.67. The number of hydrogen-bond donors (Lipinski definition) is 1. The van der Waals surface area contributed by atoms with Gasteiger partial charge in [0.05, 0.1) is 5.69 Å². The van der Waals surface area contributed by atoms with E-state index in [4.69, 9.17) is 0 Å². The smallest absolute Gasteiger partial charge is 0.151 e. The molecule has 0 spiro atoms. The lowest BCUT2D eigenvalue weighted by Gasteiger charge is -2.30. The summed E-state index contributed by atoms with van der Waals surface area (Å²) in [6.45, 7) is 4.62. The van der Waals surface area contributed by atoms with Gasteiger partial charge in [-0.15, -0.1) is 0 Å². The zero-order valence-corrected chi connectivity index (χ0v) is 11.9. The zero-order chi connectivity index (χ0) is 13.1. The summed E-state index contributed by atoms with van der Waals surface area (Å²) in [6.07, 6.45) is 10.1. The van der Waals surface area contributed by atoms with Crippen molar-refractivity contribution in [2.75, 3.05) is 23.3 Å². The fourth-order valence-electron chi connectivity index (χ4n) is 3.24. The largest absolute Gasteiger partial charge is 0.380 e. The molecule has 1 atom stereocenters. The predicted molar refractivity (Wildman–Crippen MR) is 80.7 cm³/mol. The van der Waals surface area contributed by atoms with Gasteiger partial charge in [-0.25, -0.2) is 4.98 Å². The van der Waals surface area contributed by atoms with Crippen LogP contribution < -0.4 is 10.2 Å². The van der Waals surface area contributed by atoms with Crippen LogP contribution in [0.25, 0.3) is 0 Å². The highest BCUT2D eigenvalue weighted by Crippen LogP contribution is 2.32. The van der Waals surface area contributed by atoms with Crippen LogP contribution in [0.4, 0.5) is 11.5 Å². The standard InChI is InChI=1S/C16H25N3/c1-13(12-14-6-4-7-14)18-15-8-5-9-17-16(15)19-10-2-3-11-19/h5,8-9,13-14,18H,2-4,6-7,10-12H2,1H3. The second-order valence-electron chi connectivity index (χ2n) is 6.15. The molecule has 1 saturated carbocycles. The van der Waals surface area contributed by atoms with Crippen molar-refractivity contribution >= 4 is 11.5 Å². The van der Waals surface area contributed by atoms with Gasteiger partial charge in [-0.1, -0.05) is 19.3 Å². The van der Waals surface area contributed by atoms with Crippen LogP contribution in [0.3, 0.4) is 0 Å². The Bertz CT molecular complexity index is 408. The number of hydrogen-bond acceptors (Lipinski definition) is 3. The second kappa shape index (κ2) is 5.81. The van der Waals surface area contributed by atoms with Crippen LogP contribution in [0, 0.1) is 5.92 Å². The lowest BCUT2D eigenvalue weighted by Crippen LogP contribution is -2.26. The Morgan fingerprint density at radius 2 is 2.11 bits per heavy atom. The van der Waals surface area contributed by atoms with Gasteiger partial charge < -0.3 is 10.2 Å². The Balaban J connectivity index is 1.65. The van der Waals surface area contributed by atoms with Crippen LogP contribution in [0.5, 0.6) is 0 Å². The first kappa shape index (κ1) is 12.8. The third kappa shape index (κ3) is 3.02. The fourth-order valence-corrected chi connectivity index (χ4v) is 3.24. The SMILES string of the molecule is CC(CC1CCC1)Nc1cccnc1N1CCCC1. The van der Waals surface area contributed by atoms with Crippen LogP contribution in [-0.4, -0.2) is 24.1 Å². The van der Waals surface area contributed by atoms with E-state index in [-0.39, 0.29) is 0 Å². The summed E-state index contributed by atoms with van der Waals surface area (Å²) in [6, 6.07) is 4.77. The van der Waals surface area contributed by atoms with Gasteiger partial charge in [-0.3, -0.25) is 0 Å². The van der Waals surface area contributed by atoms with Crippen molar-refractivity contribution < 1.29 is 0 Å². The molecule has 1 aliphatic heterocycles. The highest BCUT2D eigenvalue weighted by molar-refractivity contribution is 5.66. The molecular formula is C16H25N3. The molecule has 3 nitrogen and oxygen atoms in total. The van der Waals surface area contributed by atoms with Crippen molar-refractivity contribution in [3.05, 3.63) is 18.3 Å². The number of rotatable bonds is 5. The van der Waals surface area contributed by atoms with Gasteiger partial charge in [0.15, 0.2) is 5.82 Å². The van der Waals surface area contributed by atoms with Crippen molar-refractivity contribution in [3.63, 3.8) is 0 Å². The Kier molecular flexibility index (Phi) is 3.90. The zero-order valence-electron chi connectivity index (χ0n) is 11.9. The van der Waals surface area contributed by atoms with E-state index in [1.807, 2.05) is 12.3 Å². The molecular weight excluding hydrogens is 234 g/mol. The molecule has 0 aromatic carbocycles. The van der Waals surface area contributed by atoms with Gasteiger partial charge >= 0.3 is 0 Å². The van der Waals surface area contributed by atoms with Crippen molar-refractivity contribution in [1.29, 1.82) is 0 Å². The number of anilines is 2. The molecule has 1 N–H and O–H groups in total. The van der Waals surface area contributed by atoms with E-state index >= 15 is 0 Å². The Hall–Kier alpha value is -1.25. The first-order valence-corrected chi connectivity index (χ1v) is 7.79. The molecule has 1 aromatic heterocycles. The van der Waals surface area contributed by atoms with E-state index in [9.17, 15) is 0 Å². The number of nitrogens with one attached hydrogen (secondary N) is 1. The molecule has 3 rings (SSSR count). The average molecular weight is 259 g/mol. The topological polar surface area (TPSA) is 28.2 Å². The minimum Gasteiger partial charge on any atom is -0.380 e. The molecule has 2 heterocycles. The maximum atomic E-state index is 4.59. The van der Waals surface area contributed by atoms with Gasteiger partial charge in [0.2, 0.25) is 0 Å². The molecule has 104 valence electrons. The molecule has 2 fully saturated rings. The molecule has 3 heteroatoms. The summed E-state index contributed by atoms with van der Waals surface area (Å²) >= 11 is 0. The molecule has 19 heavy (non-hydrogen) atoms. The summed E-state index contributed by atoms with van der Waals surface area (Å²) < 4.78 is 0. The Morgan fingerprint density at radius 3 is 2.79 bits per heavy atom. The van der Waals surface area contributed by atoms with E-state index < -0.39 is 0 Å². The van der Waals surface area contributed by atoms with E-state index in [1.54, 1.807) is 0 Å². The lowest BCUT2D eigenvalue weighted by atomic mass is 9.81. The molecule has 1 aliphatic carbocycles. The van der Waals surface area contributed by atoms with E-state index in [0.29, 0.717) is 6.04 Å². The van der Waals surface area contributed by atoms with E-state index in [0.717, 1.165) is 24.8 Å². The van der Waals surface area contributed by atoms with Crippen molar-refractivity contribution in [2.45, 2.75) is 51.5 Å². The van der Waals surface area contributed by atoms with Crippen LogP contribution in [0.2, 0.25) is 0 Å².